The van der Waals surface area contributed by atoms with Gasteiger partial charge < -0.3 is 4.74 Å². The highest BCUT2D eigenvalue weighted by Crippen LogP contribution is 2.17. The Hall–Kier alpha value is -0.640. The lowest BCUT2D eigenvalue weighted by Crippen LogP contribution is -2.46. The number of halogens is 1. The minimum Gasteiger partial charge on any atom is -0.468 e. The van der Waals surface area contributed by atoms with Gasteiger partial charge in [-0.2, -0.15) is 0 Å². The van der Waals surface area contributed by atoms with Gasteiger partial charge in [-0.05, 0) is 19.4 Å². The predicted molar refractivity (Wildman–Crippen MR) is 47.2 cm³/mol. The molecule has 1 aliphatic rings. The molecule has 1 heterocycles. The van der Waals surface area contributed by atoms with E-state index in [1.54, 1.807) is 0 Å². The van der Waals surface area contributed by atoms with E-state index in [1.165, 1.54) is 7.11 Å². The number of hydrogen-bond donors (Lipinski definition) is 0. The van der Waals surface area contributed by atoms with E-state index in [9.17, 15) is 9.18 Å². The van der Waals surface area contributed by atoms with Gasteiger partial charge in [0.15, 0.2) is 0 Å². The molecule has 0 aromatic rings. The van der Waals surface area contributed by atoms with Crippen LogP contribution in [0.15, 0.2) is 0 Å². The molecule has 0 N–H and O–H groups in total. The van der Waals surface area contributed by atoms with Gasteiger partial charge in [-0.3, -0.25) is 9.69 Å². The Morgan fingerprint density at radius 3 is 3.00 bits per heavy atom. The summed E-state index contributed by atoms with van der Waals surface area (Å²) in [7, 11) is 1.38. The molecule has 76 valence electrons. The van der Waals surface area contributed by atoms with Crippen LogP contribution in [0.2, 0.25) is 0 Å². The molecule has 1 fully saturated rings. The van der Waals surface area contributed by atoms with Crippen molar-refractivity contribution in [3.05, 3.63) is 0 Å². The molecule has 1 aliphatic heterocycles. The number of methoxy groups -OCH3 is 1. The average molecular weight is 189 g/mol. The quantitative estimate of drug-likeness (QED) is 0.620. The molecular weight excluding hydrogens is 173 g/mol. The van der Waals surface area contributed by atoms with Crippen LogP contribution in [0.4, 0.5) is 4.39 Å². The summed E-state index contributed by atoms with van der Waals surface area (Å²) in [5.74, 6) is -0.229. The van der Waals surface area contributed by atoms with E-state index in [4.69, 9.17) is 0 Å². The molecule has 0 aliphatic carbocycles. The second-order valence-corrected chi connectivity index (χ2v) is 3.26. The first-order chi connectivity index (χ1) is 6.29. The molecule has 0 spiro atoms. The van der Waals surface area contributed by atoms with Crippen molar-refractivity contribution in [1.82, 2.24) is 4.90 Å². The number of carbonyl (C=O) groups is 1. The van der Waals surface area contributed by atoms with Crippen molar-refractivity contribution in [2.45, 2.75) is 25.3 Å². The van der Waals surface area contributed by atoms with Gasteiger partial charge >= 0.3 is 5.97 Å². The largest absolute Gasteiger partial charge is 0.468 e. The Bertz CT molecular complexity index is 173. The van der Waals surface area contributed by atoms with E-state index < -0.39 is 6.67 Å². The van der Waals surface area contributed by atoms with E-state index >= 15 is 0 Å². The van der Waals surface area contributed by atoms with Crippen molar-refractivity contribution in [2.24, 2.45) is 0 Å². The van der Waals surface area contributed by atoms with E-state index in [-0.39, 0.29) is 12.0 Å². The van der Waals surface area contributed by atoms with E-state index in [0.29, 0.717) is 6.54 Å². The number of carbonyl (C=O) groups excluding carboxylic acids is 1. The standard InChI is InChI=1S/C9H16FNO2/c1-13-9(12)8-4-2-3-6-11(8)7-5-10/h8H,2-7H2,1H3. The maximum Gasteiger partial charge on any atom is 0.323 e. The number of piperidine rings is 1. The lowest BCUT2D eigenvalue weighted by Gasteiger charge is -2.32. The van der Waals surface area contributed by atoms with Crippen LogP contribution in [0, 0.1) is 0 Å². The third-order valence-corrected chi connectivity index (χ3v) is 2.46. The number of esters is 1. The van der Waals surface area contributed by atoms with Crippen molar-refractivity contribution < 1.29 is 13.9 Å². The zero-order valence-electron chi connectivity index (χ0n) is 7.96. The fourth-order valence-corrected chi connectivity index (χ4v) is 1.77. The summed E-state index contributed by atoms with van der Waals surface area (Å²) in [4.78, 5) is 13.1. The number of alkyl halides is 1. The minimum atomic E-state index is -0.395. The molecule has 1 rings (SSSR count). The number of rotatable bonds is 3. The number of nitrogens with zero attached hydrogens (tertiary/aromatic N) is 1. The monoisotopic (exact) mass is 189 g/mol. The molecule has 0 aromatic heterocycles. The van der Waals surface area contributed by atoms with Crippen LogP contribution < -0.4 is 0 Å². The maximum absolute atomic E-state index is 12.1. The highest BCUT2D eigenvalue weighted by Gasteiger charge is 2.28. The highest BCUT2D eigenvalue weighted by molar-refractivity contribution is 5.75. The molecule has 0 amide bonds. The normalized spacial score (nSPS) is 24.3. The topological polar surface area (TPSA) is 29.5 Å². The van der Waals surface area contributed by atoms with Crippen LogP contribution in [0.5, 0.6) is 0 Å². The fraction of sp³-hybridized carbons (Fsp3) is 0.889. The van der Waals surface area contributed by atoms with Crippen molar-refractivity contribution in [2.75, 3.05) is 26.9 Å². The molecule has 0 saturated carbocycles. The Morgan fingerprint density at radius 2 is 2.38 bits per heavy atom. The average Bonchev–Trinajstić information content (AvgIpc) is 2.18. The molecule has 0 radical (unpaired) electrons. The van der Waals surface area contributed by atoms with Gasteiger partial charge in [0.2, 0.25) is 0 Å². The SMILES string of the molecule is COC(=O)C1CCCCN1CCF. The summed E-state index contributed by atoms with van der Waals surface area (Å²) in [5.41, 5.74) is 0. The summed E-state index contributed by atoms with van der Waals surface area (Å²) in [5, 5.41) is 0. The van der Waals surface area contributed by atoms with Crippen LogP contribution in [0.1, 0.15) is 19.3 Å². The van der Waals surface area contributed by atoms with E-state index in [2.05, 4.69) is 4.74 Å². The third kappa shape index (κ3) is 2.66. The Morgan fingerprint density at radius 1 is 1.62 bits per heavy atom. The second kappa shape index (κ2) is 5.17. The lowest BCUT2D eigenvalue weighted by molar-refractivity contribution is -0.148. The lowest BCUT2D eigenvalue weighted by atomic mass is 10.0. The molecule has 1 atom stereocenters. The van der Waals surface area contributed by atoms with Gasteiger partial charge in [-0.25, -0.2) is 4.39 Å². The molecule has 1 unspecified atom stereocenters. The Balaban J connectivity index is 2.50. The van der Waals surface area contributed by atoms with Gasteiger partial charge in [0.05, 0.1) is 7.11 Å². The first kappa shape index (κ1) is 10.4. The van der Waals surface area contributed by atoms with Crippen molar-refractivity contribution in [3.63, 3.8) is 0 Å². The van der Waals surface area contributed by atoms with Gasteiger partial charge in [0.1, 0.15) is 12.7 Å². The summed E-state index contributed by atoms with van der Waals surface area (Å²) in [6, 6.07) is -0.213. The predicted octanol–water partition coefficient (Wildman–Crippen LogP) is 0.983. The number of hydrogen-bond acceptors (Lipinski definition) is 3. The van der Waals surface area contributed by atoms with Crippen molar-refractivity contribution in [1.29, 1.82) is 0 Å². The molecule has 3 nitrogen and oxygen atoms in total. The number of ether oxygens (including phenoxy) is 1. The molecular formula is C9H16FNO2. The Kier molecular flexibility index (Phi) is 4.15. The summed E-state index contributed by atoms with van der Waals surface area (Å²) >= 11 is 0. The molecule has 0 aromatic carbocycles. The summed E-state index contributed by atoms with van der Waals surface area (Å²) in [6.45, 7) is 0.761. The highest BCUT2D eigenvalue weighted by atomic mass is 19.1. The van der Waals surface area contributed by atoms with Crippen LogP contribution in [0.25, 0.3) is 0 Å². The second-order valence-electron chi connectivity index (χ2n) is 3.26. The summed E-state index contributed by atoms with van der Waals surface area (Å²) < 4.78 is 16.8. The van der Waals surface area contributed by atoms with Crippen molar-refractivity contribution in [3.8, 4) is 0 Å². The Labute approximate surface area is 77.9 Å². The smallest absolute Gasteiger partial charge is 0.323 e. The van der Waals surface area contributed by atoms with Gasteiger partial charge in [-0.1, -0.05) is 6.42 Å². The van der Waals surface area contributed by atoms with Crippen LogP contribution in [-0.4, -0.2) is 43.8 Å². The van der Waals surface area contributed by atoms with Gasteiger partial charge in [-0.15, -0.1) is 0 Å². The van der Waals surface area contributed by atoms with Gasteiger partial charge in [0.25, 0.3) is 0 Å². The van der Waals surface area contributed by atoms with E-state index in [0.717, 1.165) is 25.8 Å². The van der Waals surface area contributed by atoms with Crippen LogP contribution in [-0.2, 0) is 9.53 Å². The van der Waals surface area contributed by atoms with E-state index in [1.807, 2.05) is 4.90 Å². The minimum absolute atomic E-state index is 0.213. The molecule has 1 saturated heterocycles. The number of likely N-dealkylation sites (tertiary alicyclic amines) is 1. The zero-order chi connectivity index (χ0) is 9.68. The van der Waals surface area contributed by atoms with Crippen LogP contribution in [0.3, 0.4) is 0 Å². The molecule has 4 heteroatoms. The first-order valence-corrected chi connectivity index (χ1v) is 4.67. The van der Waals surface area contributed by atoms with Crippen molar-refractivity contribution >= 4 is 5.97 Å². The zero-order valence-corrected chi connectivity index (χ0v) is 7.96. The maximum atomic E-state index is 12.1. The first-order valence-electron chi connectivity index (χ1n) is 4.67. The van der Waals surface area contributed by atoms with Crippen LogP contribution >= 0.6 is 0 Å². The summed E-state index contributed by atoms with van der Waals surface area (Å²) in [6.07, 6.45) is 2.88. The van der Waals surface area contributed by atoms with Gasteiger partial charge in [0, 0.05) is 6.54 Å². The fourth-order valence-electron chi connectivity index (χ4n) is 1.77. The molecule has 13 heavy (non-hydrogen) atoms. The third-order valence-electron chi connectivity index (χ3n) is 2.46. The molecule has 0 bridgehead atoms.